The van der Waals surface area contributed by atoms with Gasteiger partial charge in [0.05, 0.1) is 6.26 Å². The minimum Gasteiger partial charge on any atom is -0.435 e. The van der Waals surface area contributed by atoms with Crippen LogP contribution in [0.3, 0.4) is 0 Å². The summed E-state index contributed by atoms with van der Waals surface area (Å²) in [5, 5.41) is 0. The molecule has 0 unspecified atom stereocenters. The zero-order chi connectivity index (χ0) is 11.1. The molecule has 0 aliphatic carbocycles. The summed E-state index contributed by atoms with van der Waals surface area (Å²) in [4.78, 5) is 9.75. The van der Waals surface area contributed by atoms with E-state index < -0.39 is 0 Å². The van der Waals surface area contributed by atoms with E-state index in [-0.39, 0.29) is 5.97 Å². The number of esters is 1. The van der Waals surface area contributed by atoms with Crippen LogP contribution >= 0.6 is 11.6 Å². The second-order valence-electron chi connectivity index (χ2n) is 1.33. The van der Waals surface area contributed by atoms with E-state index in [1.54, 1.807) is 12.2 Å². The van der Waals surface area contributed by atoms with Gasteiger partial charge in [-0.1, -0.05) is 36.9 Å². The van der Waals surface area contributed by atoms with Crippen molar-refractivity contribution in [2.75, 3.05) is 0 Å². The Morgan fingerprint density at radius 1 is 1.38 bits per heavy atom. The van der Waals surface area contributed by atoms with E-state index in [1.807, 2.05) is 0 Å². The molecule has 0 aliphatic heterocycles. The van der Waals surface area contributed by atoms with E-state index in [4.69, 9.17) is 11.6 Å². The van der Waals surface area contributed by atoms with Crippen LogP contribution < -0.4 is 0 Å². The molecule has 0 saturated heterocycles. The van der Waals surface area contributed by atoms with Gasteiger partial charge >= 0.3 is 5.97 Å². The lowest BCUT2D eigenvalue weighted by molar-refractivity contribution is -0.135. The molecule has 13 heavy (non-hydrogen) atoms. The Hall–Kier alpha value is -1.28. The molecular formula is C10H15ClO2. The number of hydrogen-bond acceptors (Lipinski definition) is 2. The molecule has 0 aliphatic rings. The maximum absolute atomic E-state index is 9.75. The highest BCUT2D eigenvalue weighted by atomic mass is 35.5. The van der Waals surface area contributed by atoms with Gasteiger partial charge in [-0.2, -0.15) is 0 Å². The fourth-order valence-electron chi connectivity index (χ4n) is 0.169. The second-order valence-corrected chi connectivity index (χ2v) is 1.58. The molecule has 0 rings (SSSR count). The van der Waals surface area contributed by atoms with Gasteiger partial charge in [-0.25, -0.2) is 0 Å². The Balaban J connectivity index is -0.000000131. The summed E-state index contributed by atoms with van der Waals surface area (Å²) in [5.74, 6) is -0.329. The molecule has 0 amide bonds. The van der Waals surface area contributed by atoms with Crippen LogP contribution in [0, 0.1) is 0 Å². The van der Waals surface area contributed by atoms with Crippen LogP contribution in [0.1, 0.15) is 6.92 Å². The number of allylic oxidation sites excluding steroid dienone is 2. The first-order chi connectivity index (χ1) is 6.18. The Morgan fingerprint density at radius 3 is 1.85 bits per heavy atom. The van der Waals surface area contributed by atoms with Gasteiger partial charge in [0.2, 0.25) is 0 Å². The number of carbonyl (C=O) groups excluding carboxylic acids is 1. The highest BCUT2D eigenvalue weighted by Crippen LogP contribution is 1.74. The molecule has 0 heterocycles. The van der Waals surface area contributed by atoms with Gasteiger partial charge in [-0.3, -0.25) is 4.79 Å². The SMILES string of the molecule is C=C.C=CC=CCl.C=COC(C)=O. The second kappa shape index (κ2) is 22.4. The zero-order valence-electron chi connectivity index (χ0n) is 7.83. The number of ether oxygens (including phenoxy) is 1. The maximum atomic E-state index is 9.75. The summed E-state index contributed by atoms with van der Waals surface area (Å²) in [6.45, 7) is 13.9. The lowest BCUT2D eigenvalue weighted by Gasteiger charge is -1.83. The van der Waals surface area contributed by atoms with E-state index in [2.05, 4.69) is 31.1 Å². The molecule has 0 bridgehead atoms. The molecule has 0 aromatic rings. The van der Waals surface area contributed by atoms with E-state index >= 15 is 0 Å². The van der Waals surface area contributed by atoms with Crippen molar-refractivity contribution < 1.29 is 9.53 Å². The molecule has 0 saturated carbocycles. The molecule has 0 aromatic heterocycles. The van der Waals surface area contributed by atoms with E-state index in [0.29, 0.717) is 0 Å². The molecule has 74 valence electrons. The average molecular weight is 203 g/mol. The first kappa shape index (κ1) is 17.7. The van der Waals surface area contributed by atoms with Crippen molar-refractivity contribution >= 4 is 17.6 Å². The highest BCUT2D eigenvalue weighted by molar-refractivity contribution is 6.25. The van der Waals surface area contributed by atoms with Crippen molar-refractivity contribution in [1.29, 1.82) is 0 Å². The minimum absolute atomic E-state index is 0.329. The van der Waals surface area contributed by atoms with Gasteiger partial charge in [0.15, 0.2) is 0 Å². The topological polar surface area (TPSA) is 26.3 Å². The quantitative estimate of drug-likeness (QED) is 0.297. The molecule has 3 heteroatoms. The van der Waals surface area contributed by atoms with Crippen LogP contribution in [-0.4, -0.2) is 5.97 Å². The Kier molecular flexibility index (Phi) is 30.6. The van der Waals surface area contributed by atoms with Gasteiger partial charge in [0.25, 0.3) is 0 Å². The number of rotatable bonds is 2. The van der Waals surface area contributed by atoms with Crippen LogP contribution in [0.15, 0.2) is 50.3 Å². The molecule has 2 nitrogen and oxygen atoms in total. The summed E-state index contributed by atoms with van der Waals surface area (Å²) in [7, 11) is 0. The van der Waals surface area contributed by atoms with E-state index in [1.165, 1.54) is 12.5 Å². The largest absolute Gasteiger partial charge is 0.435 e. The van der Waals surface area contributed by atoms with Crippen LogP contribution in [0.25, 0.3) is 0 Å². The molecule has 0 aromatic carbocycles. The van der Waals surface area contributed by atoms with Crippen LogP contribution in [0.5, 0.6) is 0 Å². The van der Waals surface area contributed by atoms with Crippen molar-refractivity contribution in [3.8, 4) is 0 Å². The highest BCUT2D eigenvalue weighted by Gasteiger charge is 1.79. The Morgan fingerprint density at radius 2 is 1.85 bits per heavy atom. The van der Waals surface area contributed by atoms with Gasteiger partial charge in [0.1, 0.15) is 0 Å². The number of carbonyl (C=O) groups is 1. The third-order valence-electron chi connectivity index (χ3n) is 0.458. The fourth-order valence-corrected chi connectivity index (χ4v) is 0.272. The smallest absolute Gasteiger partial charge is 0.307 e. The van der Waals surface area contributed by atoms with Gasteiger partial charge in [-0.15, -0.1) is 13.2 Å². The lowest BCUT2D eigenvalue weighted by atomic mass is 10.6. The summed E-state index contributed by atoms with van der Waals surface area (Å²) < 4.78 is 4.17. The first-order valence-electron chi connectivity index (χ1n) is 3.35. The third kappa shape index (κ3) is 58.9. The standard InChI is InChI=1S/C4H5Cl.C4H6O2.C2H4/c1-2-3-4-5;1-3-6-4(2)5;1-2/h2-4H,1H2;3H,1H2,2H3;1-2H2. The normalized spacial score (nSPS) is 6.92. The van der Waals surface area contributed by atoms with Crippen molar-refractivity contribution in [2.24, 2.45) is 0 Å². The van der Waals surface area contributed by atoms with Crippen LogP contribution in [0.2, 0.25) is 0 Å². The third-order valence-corrected chi connectivity index (χ3v) is 0.604. The van der Waals surface area contributed by atoms with Crippen LogP contribution in [-0.2, 0) is 9.53 Å². The lowest BCUT2D eigenvalue weighted by Crippen LogP contribution is -1.87. The van der Waals surface area contributed by atoms with Crippen molar-refractivity contribution in [1.82, 2.24) is 0 Å². The summed E-state index contributed by atoms with van der Waals surface area (Å²) in [5.41, 5.74) is 1.41. The average Bonchev–Trinajstić information content (AvgIpc) is 2.10. The van der Waals surface area contributed by atoms with Crippen molar-refractivity contribution in [3.05, 3.63) is 50.3 Å². The predicted molar refractivity (Wildman–Crippen MR) is 58.4 cm³/mol. The predicted octanol–water partition coefficient (Wildman–Crippen LogP) is 3.42. The fraction of sp³-hybridized carbons (Fsp3) is 0.100. The number of halogens is 1. The van der Waals surface area contributed by atoms with E-state index in [0.717, 1.165) is 6.26 Å². The minimum atomic E-state index is -0.329. The van der Waals surface area contributed by atoms with Gasteiger partial charge in [0, 0.05) is 12.5 Å². The van der Waals surface area contributed by atoms with Gasteiger partial charge in [-0.05, 0) is 0 Å². The van der Waals surface area contributed by atoms with Gasteiger partial charge < -0.3 is 4.74 Å². The maximum Gasteiger partial charge on any atom is 0.307 e. The van der Waals surface area contributed by atoms with Crippen LogP contribution in [0.4, 0.5) is 0 Å². The molecule has 0 spiro atoms. The van der Waals surface area contributed by atoms with Crippen molar-refractivity contribution in [2.45, 2.75) is 6.92 Å². The Bertz CT molecular complexity index is 162. The zero-order valence-corrected chi connectivity index (χ0v) is 8.59. The van der Waals surface area contributed by atoms with Crippen molar-refractivity contribution in [3.63, 3.8) is 0 Å². The Labute approximate surface area is 84.9 Å². The molecule has 0 fully saturated rings. The molecule has 0 atom stereocenters. The summed E-state index contributed by atoms with van der Waals surface area (Å²) in [6, 6.07) is 0. The monoisotopic (exact) mass is 202 g/mol. The summed E-state index contributed by atoms with van der Waals surface area (Å²) in [6.07, 6.45) is 4.37. The molecular weight excluding hydrogens is 188 g/mol. The first-order valence-corrected chi connectivity index (χ1v) is 3.78. The number of hydrogen-bond donors (Lipinski definition) is 0. The summed E-state index contributed by atoms with van der Waals surface area (Å²) >= 11 is 5.05. The molecule has 0 radical (unpaired) electrons. The van der Waals surface area contributed by atoms with E-state index in [9.17, 15) is 4.79 Å². The molecule has 0 N–H and O–H groups in total.